The molecule has 2 fully saturated rings. The highest BCUT2D eigenvalue weighted by molar-refractivity contribution is 6.43. The number of piperidine rings is 1. The van der Waals surface area contributed by atoms with Crippen LogP contribution in [0.3, 0.4) is 0 Å². The summed E-state index contributed by atoms with van der Waals surface area (Å²) >= 11 is 12.0. The second-order valence-corrected chi connectivity index (χ2v) is 6.59. The molecule has 0 aliphatic carbocycles. The van der Waals surface area contributed by atoms with E-state index in [2.05, 4.69) is 15.5 Å². The van der Waals surface area contributed by atoms with Crippen molar-refractivity contribution in [2.45, 2.75) is 18.9 Å². The lowest BCUT2D eigenvalue weighted by molar-refractivity contribution is -0.117. The number of nitrogens with zero attached hydrogens (tertiary/aromatic N) is 1. The Morgan fingerprint density at radius 2 is 2.24 bits per heavy atom. The van der Waals surface area contributed by atoms with Gasteiger partial charge in [-0.2, -0.15) is 0 Å². The summed E-state index contributed by atoms with van der Waals surface area (Å²) in [6.07, 6.45) is 2.50. The van der Waals surface area contributed by atoms with E-state index in [0.29, 0.717) is 34.2 Å². The van der Waals surface area contributed by atoms with Crippen molar-refractivity contribution in [1.29, 1.82) is 0 Å². The van der Waals surface area contributed by atoms with E-state index in [1.807, 2.05) is 0 Å². The highest BCUT2D eigenvalue weighted by Gasteiger charge is 2.34. The molecule has 0 aromatic heterocycles. The Labute approximate surface area is 134 Å². The van der Waals surface area contributed by atoms with E-state index >= 15 is 0 Å². The van der Waals surface area contributed by atoms with Crippen LogP contribution in [0.2, 0.25) is 10.0 Å². The van der Waals surface area contributed by atoms with Crippen molar-refractivity contribution in [3.8, 4) is 0 Å². The fourth-order valence-corrected chi connectivity index (χ4v) is 3.61. The molecule has 6 heteroatoms. The number of carbonyl (C=O) groups is 1. The van der Waals surface area contributed by atoms with Crippen LogP contribution in [0.15, 0.2) is 18.2 Å². The number of rotatable bonds is 3. The van der Waals surface area contributed by atoms with Crippen molar-refractivity contribution in [3.05, 3.63) is 28.2 Å². The molecule has 2 aliphatic rings. The Balaban J connectivity index is 1.56. The van der Waals surface area contributed by atoms with Gasteiger partial charge < -0.3 is 10.6 Å². The van der Waals surface area contributed by atoms with E-state index < -0.39 is 0 Å². The Bertz CT molecular complexity index is 524. The third kappa shape index (κ3) is 3.51. The summed E-state index contributed by atoms with van der Waals surface area (Å²) < 4.78 is 0. The number of halogens is 2. The first-order valence-electron chi connectivity index (χ1n) is 7.33. The molecule has 1 aromatic rings. The summed E-state index contributed by atoms with van der Waals surface area (Å²) in [5, 5.41) is 7.22. The van der Waals surface area contributed by atoms with Crippen molar-refractivity contribution >= 4 is 34.8 Å². The zero-order valence-corrected chi connectivity index (χ0v) is 13.3. The van der Waals surface area contributed by atoms with Crippen molar-refractivity contribution < 1.29 is 4.79 Å². The van der Waals surface area contributed by atoms with E-state index in [-0.39, 0.29) is 5.91 Å². The van der Waals surface area contributed by atoms with E-state index in [9.17, 15) is 4.79 Å². The minimum Gasteiger partial charge on any atom is -0.324 e. The van der Waals surface area contributed by atoms with Crippen LogP contribution in [0.4, 0.5) is 5.69 Å². The standard InChI is InChI=1S/C15H19Cl2N3O/c16-11-4-1-5-12(15(11)17)19-14(21)9-20-7-10-3-2-6-18-13(10)8-20/h1,4-5,10,13,18H,2-3,6-9H2,(H,19,21). The zero-order valence-electron chi connectivity index (χ0n) is 11.7. The number of hydrogen-bond donors (Lipinski definition) is 2. The van der Waals surface area contributed by atoms with Crippen LogP contribution in [-0.4, -0.2) is 43.0 Å². The van der Waals surface area contributed by atoms with E-state index in [4.69, 9.17) is 23.2 Å². The Hall–Kier alpha value is -0.810. The van der Waals surface area contributed by atoms with Gasteiger partial charge in [0.15, 0.2) is 0 Å². The van der Waals surface area contributed by atoms with Gasteiger partial charge in [0.05, 0.1) is 22.3 Å². The van der Waals surface area contributed by atoms with Gasteiger partial charge in [-0.15, -0.1) is 0 Å². The number of carbonyl (C=O) groups excluding carboxylic acids is 1. The minimum atomic E-state index is -0.0437. The van der Waals surface area contributed by atoms with E-state index in [1.54, 1.807) is 18.2 Å². The van der Waals surface area contributed by atoms with Gasteiger partial charge in [0.1, 0.15) is 0 Å². The molecule has 0 spiro atoms. The maximum absolute atomic E-state index is 12.2. The van der Waals surface area contributed by atoms with Gasteiger partial charge >= 0.3 is 0 Å². The van der Waals surface area contributed by atoms with Gasteiger partial charge in [0, 0.05) is 19.1 Å². The molecule has 0 radical (unpaired) electrons. The van der Waals surface area contributed by atoms with Gasteiger partial charge in [0.25, 0.3) is 0 Å². The first kappa shape index (κ1) is 15.1. The lowest BCUT2D eigenvalue weighted by Gasteiger charge is -2.24. The Morgan fingerprint density at radius 3 is 3.05 bits per heavy atom. The van der Waals surface area contributed by atoms with E-state index in [0.717, 1.165) is 19.6 Å². The highest BCUT2D eigenvalue weighted by atomic mass is 35.5. The topological polar surface area (TPSA) is 44.4 Å². The molecule has 2 heterocycles. The lowest BCUT2D eigenvalue weighted by Crippen LogP contribution is -2.41. The van der Waals surface area contributed by atoms with E-state index in [1.165, 1.54) is 12.8 Å². The van der Waals surface area contributed by atoms with Crippen LogP contribution < -0.4 is 10.6 Å². The maximum atomic E-state index is 12.2. The average Bonchev–Trinajstić information content (AvgIpc) is 2.86. The largest absolute Gasteiger partial charge is 0.324 e. The fourth-order valence-electron chi connectivity index (χ4n) is 3.26. The number of hydrogen-bond acceptors (Lipinski definition) is 3. The maximum Gasteiger partial charge on any atom is 0.238 e. The van der Waals surface area contributed by atoms with Crippen LogP contribution in [0.1, 0.15) is 12.8 Å². The summed E-state index contributed by atoms with van der Waals surface area (Å²) in [6, 6.07) is 5.78. The molecular formula is C15H19Cl2N3O. The molecular weight excluding hydrogens is 309 g/mol. The summed E-state index contributed by atoms with van der Waals surface area (Å²) in [4.78, 5) is 14.4. The first-order chi connectivity index (χ1) is 10.1. The predicted molar refractivity (Wildman–Crippen MR) is 86.0 cm³/mol. The van der Waals surface area contributed by atoms with Crippen molar-refractivity contribution in [2.24, 2.45) is 5.92 Å². The monoisotopic (exact) mass is 327 g/mol. The van der Waals surface area contributed by atoms with Crippen LogP contribution in [-0.2, 0) is 4.79 Å². The number of benzene rings is 1. The van der Waals surface area contributed by atoms with Crippen molar-refractivity contribution in [1.82, 2.24) is 10.2 Å². The second kappa shape index (κ2) is 6.53. The number of amides is 1. The number of nitrogens with one attached hydrogen (secondary N) is 2. The molecule has 0 bridgehead atoms. The van der Waals surface area contributed by atoms with Crippen LogP contribution in [0.5, 0.6) is 0 Å². The van der Waals surface area contributed by atoms with Crippen molar-refractivity contribution in [2.75, 3.05) is 31.5 Å². The molecule has 4 nitrogen and oxygen atoms in total. The van der Waals surface area contributed by atoms with Gasteiger partial charge in [-0.3, -0.25) is 9.69 Å². The molecule has 1 aromatic carbocycles. The average molecular weight is 328 g/mol. The quantitative estimate of drug-likeness (QED) is 0.896. The van der Waals surface area contributed by atoms with Gasteiger partial charge in [0.2, 0.25) is 5.91 Å². The fraction of sp³-hybridized carbons (Fsp3) is 0.533. The minimum absolute atomic E-state index is 0.0437. The Kier molecular flexibility index (Phi) is 4.69. The predicted octanol–water partition coefficient (Wildman–Crippen LogP) is 2.62. The normalized spacial score (nSPS) is 25.6. The van der Waals surface area contributed by atoms with Crippen LogP contribution in [0, 0.1) is 5.92 Å². The lowest BCUT2D eigenvalue weighted by atomic mass is 9.94. The summed E-state index contributed by atoms with van der Waals surface area (Å²) in [6.45, 7) is 3.44. The van der Waals surface area contributed by atoms with Gasteiger partial charge in [-0.25, -0.2) is 0 Å². The van der Waals surface area contributed by atoms with Crippen LogP contribution in [0.25, 0.3) is 0 Å². The summed E-state index contributed by atoms with van der Waals surface area (Å²) in [5.41, 5.74) is 0.573. The third-order valence-corrected chi connectivity index (χ3v) is 5.09. The molecule has 2 N–H and O–H groups in total. The molecule has 114 valence electrons. The molecule has 2 aliphatic heterocycles. The number of anilines is 1. The smallest absolute Gasteiger partial charge is 0.238 e. The highest BCUT2D eigenvalue weighted by Crippen LogP contribution is 2.29. The molecule has 2 atom stereocenters. The molecule has 3 rings (SSSR count). The third-order valence-electron chi connectivity index (χ3n) is 4.27. The van der Waals surface area contributed by atoms with Crippen LogP contribution >= 0.6 is 23.2 Å². The van der Waals surface area contributed by atoms with Gasteiger partial charge in [-0.1, -0.05) is 29.3 Å². The SMILES string of the molecule is O=C(CN1CC2CCCNC2C1)Nc1cccc(Cl)c1Cl. The molecule has 2 saturated heterocycles. The Morgan fingerprint density at radius 1 is 1.38 bits per heavy atom. The molecule has 0 saturated carbocycles. The second-order valence-electron chi connectivity index (χ2n) is 5.81. The molecule has 1 amide bonds. The number of fused-ring (bicyclic) bond motifs is 1. The number of likely N-dealkylation sites (tertiary alicyclic amines) is 1. The molecule has 2 unspecified atom stereocenters. The van der Waals surface area contributed by atoms with Gasteiger partial charge in [-0.05, 0) is 37.4 Å². The molecule has 21 heavy (non-hydrogen) atoms. The summed E-state index contributed by atoms with van der Waals surface area (Å²) in [5.74, 6) is 0.638. The zero-order chi connectivity index (χ0) is 14.8. The van der Waals surface area contributed by atoms with Crippen molar-refractivity contribution in [3.63, 3.8) is 0 Å². The summed E-state index contributed by atoms with van der Waals surface area (Å²) in [7, 11) is 0. The first-order valence-corrected chi connectivity index (χ1v) is 8.08.